The first-order chi connectivity index (χ1) is 23.2. The van der Waals surface area contributed by atoms with Crippen molar-refractivity contribution in [2.24, 2.45) is 0 Å². The summed E-state index contributed by atoms with van der Waals surface area (Å²) in [6.45, 7) is 3.06. The fourth-order valence-corrected chi connectivity index (χ4v) is 6.25. The van der Waals surface area contributed by atoms with Crippen LogP contribution in [0.2, 0.25) is 10.6 Å². The topological polar surface area (TPSA) is 297 Å². The van der Waals surface area contributed by atoms with Crippen molar-refractivity contribution in [1.29, 1.82) is 0 Å². The molecule has 0 aliphatic heterocycles. The Morgan fingerprint density at radius 3 is 1.23 bits per heavy atom. The van der Waals surface area contributed by atoms with Crippen LogP contribution in [0, 0.1) is 13.8 Å². The summed E-state index contributed by atoms with van der Waals surface area (Å²) in [6.07, 6.45) is 0. The summed E-state index contributed by atoms with van der Waals surface area (Å²) in [6, 6.07) is 10.5. The van der Waals surface area contributed by atoms with E-state index in [0.29, 0.717) is 22.5 Å². The van der Waals surface area contributed by atoms with Gasteiger partial charge in [-0.1, -0.05) is 0 Å². The Morgan fingerprint density at radius 2 is 0.868 bits per heavy atom. The quantitative estimate of drug-likeness (QED) is 0.0713. The normalized spacial score (nSPS) is 11.3. The SMILES string of the molecule is Cc1cc(S(=O)(=O)[O-])ccc1Nc1nc(Cl)nc(Nc2ccc(S(=O)(=O)[O-])c(Nc3nc(Cl)nc(Nc4ccc(S(=O)(=O)[O-])cc4C)n3)c2)n1.[Na+].[Na+].[Na+]. The van der Waals surface area contributed by atoms with Gasteiger partial charge >= 0.3 is 88.7 Å². The molecule has 0 aliphatic carbocycles. The van der Waals surface area contributed by atoms with Crippen LogP contribution < -0.4 is 110 Å². The average molecular weight is 852 g/mol. The third kappa shape index (κ3) is 12.9. The van der Waals surface area contributed by atoms with E-state index in [0.717, 1.165) is 30.3 Å². The number of hydrogen-bond donors (Lipinski definition) is 4. The summed E-state index contributed by atoms with van der Waals surface area (Å²) in [5.41, 5.74) is 1.18. The van der Waals surface area contributed by atoms with Crippen molar-refractivity contribution in [2.75, 3.05) is 21.3 Å². The molecule has 27 heteroatoms. The van der Waals surface area contributed by atoms with Crippen molar-refractivity contribution >= 4 is 100 Å². The molecule has 0 atom stereocenters. The van der Waals surface area contributed by atoms with Crippen molar-refractivity contribution in [3.63, 3.8) is 0 Å². The Balaban J connectivity index is 0.00000324. The molecule has 0 saturated carbocycles. The van der Waals surface area contributed by atoms with Crippen LogP contribution in [-0.4, -0.2) is 68.8 Å². The molecule has 19 nitrogen and oxygen atoms in total. The maximum absolute atomic E-state index is 12.1. The monoisotopic (exact) mass is 850 g/mol. The third-order valence-electron chi connectivity index (χ3n) is 6.43. The summed E-state index contributed by atoms with van der Waals surface area (Å²) in [7, 11) is -14.4. The van der Waals surface area contributed by atoms with Gasteiger partial charge in [0.15, 0.2) is 0 Å². The number of nitrogens with zero attached hydrogens (tertiary/aromatic N) is 6. The second-order valence-electron chi connectivity index (χ2n) is 10.0. The minimum absolute atomic E-state index is 0. The Labute approximate surface area is 379 Å². The molecule has 0 saturated heterocycles. The maximum Gasteiger partial charge on any atom is 1.00 e. The number of rotatable bonds is 11. The fourth-order valence-electron chi connectivity index (χ4n) is 4.20. The Bertz CT molecular complexity index is 2510. The number of aromatic nitrogens is 6. The summed E-state index contributed by atoms with van der Waals surface area (Å²) in [5.74, 6) is -0.724. The van der Waals surface area contributed by atoms with E-state index >= 15 is 0 Å². The number of anilines is 8. The predicted octanol–water partition coefficient (Wildman–Crippen LogP) is -5.32. The first-order valence-corrected chi connectivity index (χ1v) is 18.4. The van der Waals surface area contributed by atoms with Gasteiger partial charge in [-0.2, -0.15) is 29.9 Å². The molecule has 0 radical (unpaired) electrons. The summed E-state index contributed by atoms with van der Waals surface area (Å²) in [5, 5.41) is 10.4. The Kier molecular flexibility index (Phi) is 16.9. The van der Waals surface area contributed by atoms with Gasteiger partial charge in [-0.25, -0.2) is 25.3 Å². The third-order valence-corrected chi connectivity index (χ3v) is 9.33. The fraction of sp³-hybridized carbons (Fsp3) is 0.0769. The van der Waals surface area contributed by atoms with E-state index in [1.807, 2.05) is 0 Å². The van der Waals surface area contributed by atoms with Gasteiger partial charge in [0.2, 0.25) is 34.4 Å². The molecule has 0 amide bonds. The van der Waals surface area contributed by atoms with E-state index in [9.17, 15) is 38.9 Å². The molecule has 4 N–H and O–H groups in total. The molecule has 0 fully saturated rings. The van der Waals surface area contributed by atoms with Crippen LogP contribution in [0.15, 0.2) is 69.3 Å². The van der Waals surface area contributed by atoms with Crippen molar-refractivity contribution in [3.8, 4) is 0 Å². The van der Waals surface area contributed by atoms with E-state index in [4.69, 9.17) is 23.2 Å². The number of hydrogen-bond acceptors (Lipinski definition) is 19. The zero-order valence-corrected chi connectivity index (χ0v) is 38.0. The van der Waals surface area contributed by atoms with E-state index in [2.05, 4.69) is 51.2 Å². The molecule has 53 heavy (non-hydrogen) atoms. The van der Waals surface area contributed by atoms with Crippen LogP contribution in [0.3, 0.4) is 0 Å². The summed E-state index contributed by atoms with van der Waals surface area (Å²) >= 11 is 12.1. The molecule has 2 heterocycles. The molecule has 0 bridgehead atoms. The van der Waals surface area contributed by atoms with Crippen molar-refractivity contribution < 1.29 is 128 Å². The molecule has 2 aromatic heterocycles. The first kappa shape index (κ1) is 47.3. The number of nitrogens with one attached hydrogen (secondary N) is 4. The largest absolute Gasteiger partial charge is 1.00 e. The first-order valence-electron chi connectivity index (χ1n) is 13.4. The van der Waals surface area contributed by atoms with Gasteiger partial charge < -0.3 is 34.9 Å². The van der Waals surface area contributed by atoms with Gasteiger partial charge in [0.05, 0.1) is 20.4 Å². The Morgan fingerprint density at radius 1 is 0.491 bits per heavy atom. The van der Waals surface area contributed by atoms with Gasteiger partial charge in [0, 0.05) is 17.1 Å². The Hall–Kier alpha value is -1.81. The second-order valence-corrected chi connectivity index (χ2v) is 14.8. The smallest absolute Gasteiger partial charge is 0.744 e. The zero-order chi connectivity index (χ0) is 36.6. The van der Waals surface area contributed by atoms with Gasteiger partial charge in [-0.3, -0.25) is 0 Å². The number of aryl methyl sites for hydroxylation is 2. The average Bonchev–Trinajstić information content (AvgIpc) is 2.97. The molecule has 0 spiro atoms. The van der Waals surface area contributed by atoms with Gasteiger partial charge in [0.1, 0.15) is 30.4 Å². The van der Waals surface area contributed by atoms with Crippen LogP contribution in [0.4, 0.5) is 46.5 Å². The molecular weight excluding hydrogens is 832 g/mol. The van der Waals surface area contributed by atoms with E-state index < -0.39 is 45.0 Å². The predicted molar refractivity (Wildman–Crippen MR) is 175 cm³/mol. The van der Waals surface area contributed by atoms with Crippen LogP contribution in [0.5, 0.6) is 0 Å². The molecule has 3 aromatic carbocycles. The van der Waals surface area contributed by atoms with E-state index in [1.165, 1.54) is 31.2 Å². The molecular formula is C26H19Cl2N10Na3O9S3. The minimum atomic E-state index is -5.06. The van der Waals surface area contributed by atoms with Crippen LogP contribution in [0.25, 0.3) is 0 Å². The van der Waals surface area contributed by atoms with Crippen LogP contribution in [0.1, 0.15) is 11.1 Å². The van der Waals surface area contributed by atoms with E-state index in [1.54, 1.807) is 6.92 Å². The standard InChI is InChI=1S/C26H22Cl2N10O9S3.3Na/c1-12-9-15(48(39,40)41)4-6-17(12)30-24-34-21(27)33-23(37-24)29-14-3-8-20(50(45,46)47)19(11-14)32-26-36-22(28)35-25(38-26)31-18-7-5-16(10-13(18)2)49(42,43)44;;;/h3-11H,1-2H3,(H,39,40,41)(H,42,43,44)(H,45,46,47)(H2,29,30,33,34,37)(H2,31,32,35,36,38);;;/q;3*+1/p-3. The van der Waals surface area contributed by atoms with Crippen LogP contribution in [-0.2, 0) is 30.4 Å². The van der Waals surface area contributed by atoms with Crippen molar-refractivity contribution in [1.82, 2.24) is 29.9 Å². The molecule has 0 aliphatic rings. The van der Waals surface area contributed by atoms with Crippen LogP contribution >= 0.6 is 23.2 Å². The summed E-state index contributed by atoms with van der Waals surface area (Å²) < 4.78 is 104. The maximum atomic E-state index is 12.1. The molecule has 262 valence electrons. The van der Waals surface area contributed by atoms with E-state index in [-0.39, 0.29) is 134 Å². The molecule has 0 unspecified atom stereocenters. The number of halogens is 2. The molecule has 5 rings (SSSR count). The number of benzene rings is 3. The second kappa shape index (κ2) is 18.9. The van der Waals surface area contributed by atoms with Gasteiger partial charge in [-0.05, 0) is 103 Å². The van der Waals surface area contributed by atoms with Crippen molar-refractivity contribution in [3.05, 3.63) is 76.3 Å². The van der Waals surface area contributed by atoms with Crippen molar-refractivity contribution in [2.45, 2.75) is 28.5 Å². The zero-order valence-electron chi connectivity index (χ0n) is 28.0. The minimum Gasteiger partial charge on any atom is -0.744 e. The van der Waals surface area contributed by atoms with Gasteiger partial charge in [-0.15, -0.1) is 0 Å². The molecule has 5 aromatic rings. The summed E-state index contributed by atoms with van der Waals surface area (Å²) in [4.78, 5) is 22.5. The van der Waals surface area contributed by atoms with Gasteiger partial charge in [0.25, 0.3) is 0 Å².